The summed E-state index contributed by atoms with van der Waals surface area (Å²) in [6.45, 7) is 1.38. The zero-order chi connectivity index (χ0) is 7.07. The lowest BCUT2D eigenvalue weighted by molar-refractivity contribution is -0.146. The Morgan fingerprint density at radius 3 is 2.44 bits per heavy atom. The minimum atomic E-state index is -1.28. The quantitative estimate of drug-likeness (QED) is 0.490. The minimum Gasteiger partial charge on any atom is -0.479 e. The Bertz CT molecular complexity index is 177. The first kappa shape index (κ1) is 6.22. The normalized spacial score (nSPS) is 40.0. The first-order chi connectivity index (χ1) is 4.07. The summed E-state index contributed by atoms with van der Waals surface area (Å²) in [5, 5.41) is 17.2. The monoisotopic (exact) mass is 129 g/mol. The van der Waals surface area contributed by atoms with Crippen molar-refractivity contribution < 1.29 is 15.0 Å². The molecule has 1 rings (SSSR count). The molecule has 0 unspecified atom stereocenters. The van der Waals surface area contributed by atoms with Gasteiger partial charge < -0.3 is 10.2 Å². The van der Waals surface area contributed by atoms with Gasteiger partial charge in [-0.2, -0.15) is 0 Å². The summed E-state index contributed by atoms with van der Waals surface area (Å²) in [5.41, 5.74) is -1.28. The summed E-state index contributed by atoms with van der Waals surface area (Å²) < 4.78 is 0. The highest BCUT2D eigenvalue weighted by Crippen LogP contribution is 2.21. The van der Waals surface area contributed by atoms with Gasteiger partial charge in [0, 0.05) is 6.21 Å². The van der Waals surface area contributed by atoms with Crippen LogP contribution in [0, 0.1) is 0 Å². The predicted molar refractivity (Wildman–Crippen MR) is 30.5 cm³/mol. The molecular formula is C5H7NO3. The van der Waals surface area contributed by atoms with Gasteiger partial charge in [0.2, 0.25) is 0 Å². The lowest BCUT2D eigenvalue weighted by Gasteiger charge is -2.30. The number of carboxylic acid groups (broad SMARTS) is 1. The van der Waals surface area contributed by atoms with Gasteiger partial charge in [-0.15, -0.1) is 0 Å². The van der Waals surface area contributed by atoms with Gasteiger partial charge >= 0.3 is 5.97 Å². The molecule has 0 spiro atoms. The zero-order valence-electron chi connectivity index (χ0n) is 4.90. The van der Waals surface area contributed by atoms with Crippen LogP contribution >= 0.6 is 0 Å². The van der Waals surface area contributed by atoms with Gasteiger partial charge in [-0.1, -0.05) is 0 Å². The molecule has 0 aromatic heterocycles. The van der Waals surface area contributed by atoms with Crippen molar-refractivity contribution in [1.82, 2.24) is 0 Å². The van der Waals surface area contributed by atoms with Crippen molar-refractivity contribution >= 4 is 12.2 Å². The third-order valence-electron chi connectivity index (χ3n) is 1.49. The molecule has 0 fully saturated rings. The molecule has 1 aliphatic heterocycles. The molecule has 1 heterocycles. The Labute approximate surface area is 51.8 Å². The summed E-state index contributed by atoms with van der Waals surface area (Å²) in [7, 11) is 0. The highest BCUT2D eigenvalue weighted by Gasteiger charge is 2.45. The van der Waals surface area contributed by atoms with Crippen LogP contribution in [-0.4, -0.2) is 34.0 Å². The Morgan fingerprint density at radius 2 is 2.44 bits per heavy atom. The van der Waals surface area contributed by atoms with Crippen LogP contribution in [0.3, 0.4) is 0 Å². The molecule has 50 valence electrons. The van der Waals surface area contributed by atoms with E-state index >= 15 is 0 Å². The number of hydrogen-bond acceptors (Lipinski definition) is 3. The maximum Gasteiger partial charge on any atom is 0.334 e. The van der Waals surface area contributed by atoms with Gasteiger partial charge in [-0.25, -0.2) is 4.79 Å². The van der Waals surface area contributed by atoms with E-state index in [-0.39, 0.29) is 0 Å². The minimum absolute atomic E-state index is 0.921. The lowest BCUT2D eigenvalue weighted by Crippen LogP contribution is -2.52. The van der Waals surface area contributed by atoms with Gasteiger partial charge in [0.25, 0.3) is 0 Å². The van der Waals surface area contributed by atoms with Crippen LogP contribution in [0.25, 0.3) is 0 Å². The van der Waals surface area contributed by atoms with Crippen LogP contribution in [0.4, 0.5) is 0 Å². The largest absolute Gasteiger partial charge is 0.479 e. The third-order valence-corrected chi connectivity index (χ3v) is 1.49. The molecule has 4 heteroatoms. The van der Waals surface area contributed by atoms with Crippen LogP contribution in [0.1, 0.15) is 6.92 Å². The molecule has 0 bridgehead atoms. The van der Waals surface area contributed by atoms with Gasteiger partial charge in [0.05, 0.1) is 0 Å². The first-order valence-corrected chi connectivity index (χ1v) is 2.54. The lowest BCUT2D eigenvalue weighted by atomic mass is 9.91. The third kappa shape index (κ3) is 0.632. The van der Waals surface area contributed by atoms with Crippen LogP contribution in [-0.2, 0) is 4.79 Å². The zero-order valence-corrected chi connectivity index (χ0v) is 4.90. The van der Waals surface area contributed by atoms with E-state index in [1.54, 1.807) is 0 Å². The molecule has 0 aromatic carbocycles. The highest BCUT2D eigenvalue weighted by atomic mass is 16.4. The molecule has 0 radical (unpaired) electrons. The van der Waals surface area contributed by atoms with Crippen molar-refractivity contribution in [3.63, 3.8) is 0 Å². The second kappa shape index (κ2) is 1.54. The summed E-state index contributed by atoms with van der Waals surface area (Å²) in [4.78, 5) is 13.7. The number of aliphatic hydroxyl groups excluding tert-OH is 1. The van der Waals surface area contributed by atoms with Gasteiger partial charge in [0.15, 0.2) is 5.54 Å². The van der Waals surface area contributed by atoms with E-state index in [1.807, 2.05) is 0 Å². The molecule has 1 aliphatic rings. The number of aliphatic hydroxyl groups is 1. The second-order valence-electron chi connectivity index (χ2n) is 2.18. The fourth-order valence-corrected chi connectivity index (χ4v) is 0.547. The Hall–Kier alpha value is -0.900. The topological polar surface area (TPSA) is 69.9 Å². The van der Waals surface area contributed by atoms with Crippen LogP contribution in [0.15, 0.2) is 4.99 Å². The molecular weight excluding hydrogens is 122 g/mol. The highest BCUT2D eigenvalue weighted by molar-refractivity contribution is 5.92. The van der Waals surface area contributed by atoms with Crippen molar-refractivity contribution in [2.75, 3.05) is 0 Å². The number of aliphatic carboxylic acids is 1. The van der Waals surface area contributed by atoms with Gasteiger partial charge in [-0.05, 0) is 6.92 Å². The van der Waals surface area contributed by atoms with Crippen molar-refractivity contribution in [2.45, 2.75) is 18.6 Å². The maximum absolute atomic E-state index is 10.2. The SMILES string of the molecule is C[C@]1(C(=O)O)N=C[C@H]1O. The number of aliphatic imine (C=N–C) groups is 1. The molecule has 0 aliphatic carbocycles. The summed E-state index contributed by atoms with van der Waals surface area (Å²) >= 11 is 0. The van der Waals surface area contributed by atoms with E-state index in [4.69, 9.17) is 10.2 Å². The fourth-order valence-electron chi connectivity index (χ4n) is 0.547. The summed E-state index contributed by atoms with van der Waals surface area (Å²) in [5.74, 6) is -1.09. The van der Waals surface area contributed by atoms with Crippen molar-refractivity contribution in [3.8, 4) is 0 Å². The van der Waals surface area contributed by atoms with E-state index in [9.17, 15) is 4.79 Å². The van der Waals surface area contributed by atoms with Gasteiger partial charge in [-0.3, -0.25) is 4.99 Å². The fraction of sp³-hybridized carbons (Fsp3) is 0.600. The smallest absolute Gasteiger partial charge is 0.334 e. The van der Waals surface area contributed by atoms with E-state index in [0.717, 1.165) is 0 Å². The van der Waals surface area contributed by atoms with Crippen molar-refractivity contribution in [2.24, 2.45) is 4.99 Å². The Kier molecular flexibility index (Phi) is 1.06. The molecule has 4 nitrogen and oxygen atoms in total. The summed E-state index contributed by atoms with van der Waals surface area (Å²) in [6.07, 6.45) is 0.295. The number of carbonyl (C=O) groups is 1. The predicted octanol–water partition coefficient (Wildman–Crippen LogP) is -0.725. The number of hydrogen-bond donors (Lipinski definition) is 2. The van der Waals surface area contributed by atoms with Crippen LogP contribution < -0.4 is 0 Å². The standard InChI is InChI=1S/C5H7NO3/c1-5(4(8)9)3(7)2-6-5/h2-3,7H,1H3,(H,8,9)/t3-,5+/m1/s1. The molecule has 0 saturated carbocycles. The van der Waals surface area contributed by atoms with Gasteiger partial charge in [0.1, 0.15) is 6.10 Å². The molecule has 0 saturated heterocycles. The van der Waals surface area contributed by atoms with Crippen molar-refractivity contribution in [1.29, 1.82) is 0 Å². The molecule has 2 N–H and O–H groups in total. The van der Waals surface area contributed by atoms with Crippen LogP contribution in [0.2, 0.25) is 0 Å². The number of rotatable bonds is 1. The van der Waals surface area contributed by atoms with Crippen LogP contribution in [0.5, 0.6) is 0 Å². The van der Waals surface area contributed by atoms with E-state index in [1.165, 1.54) is 13.1 Å². The molecule has 0 aromatic rings. The molecule has 9 heavy (non-hydrogen) atoms. The number of nitrogens with zero attached hydrogens (tertiary/aromatic N) is 1. The van der Waals surface area contributed by atoms with E-state index < -0.39 is 17.6 Å². The Morgan fingerprint density at radius 1 is 1.89 bits per heavy atom. The number of carboxylic acids is 1. The Balaban J connectivity index is 2.79. The average Bonchev–Trinajstić information content (AvgIpc) is 1.82. The van der Waals surface area contributed by atoms with E-state index in [2.05, 4.69) is 4.99 Å². The van der Waals surface area contributed by atoms with E-state index in [0.29, 0.717) is 0 Å². The maximum atomic E-state index is 10.2. The molecule has 0 amide bonds. The van der Waals surface area contributed by atoms with Crippen molar-refractivity contribution in [3.05, 3.63) is 0 Å². The summed E-state index contributed by atoms with van der Waals surface area (Å²) in [6, 6.07) is 0. The average molecular weight is 129 g/mol. The molecule has 2 atom stereocenters. The first-order valence-electron chi connectivity index (χ1n) is 2.54. The second-order valence-corrected chi connectivity index (χ2v) is 2.18.